The van der Waals surface area contributed by atoms with Gasteiger partial charge in [-0.1, -0.05) is 42.0 Å². The van der Waals surface area contributed by atoms with Gasteiger partial charge in [0.15, 0.2) is 11.6 Å². The molecule has 1 aliphatic heterocycles. The molecule has 2 aliphatic rings. The van der Waals surface area contributed by atoms with Crippen LogP contribution < -0.4 is 32.4 Å². The molecule has 0 spiro atoms. The Bertz CT molecular complexity index is 2060. The Kier molecular flexibility index (Phi) is 21.9. The van der Waals surface area contributed by atoms with Gasteiger partial charge in [-0.15, -0.1) is 5.10 Å². The third-order valence-electron chi connectivity index (χ3n) is 11.8. The summed E-state index contributed by atoms with van der Waals surface area (Å²) >= 11 is 0. The number of hydrazine groups is 1. The van der Waals surface area contributed by atoms with Crippen molar-refractivity contribution in [2.45, 2.75) is 146 Å². The first kappa shape index (κ1) is 54.2. The van der Waals surface area contributed by atoms with E-state index in [2.05, 4.69) is 37.0 Å². The summed E-state index contributed by atoms with van der Waals surface area (Å²) < 4.78 is 13.8. The predicted molar refractivity (Wildman–Crippen MR) is 238 cm³/mol. The summed E-state index contributed by atoms with van der Waals surface area (Å²) in [6, 6.07) is 3.27. The van der Waals surface area contributed by atoms with Gasteiger partial charge in [-0.25, -0.2) is 14.5 Å². The fourth-order valence-electron chi connectivity index (χ4n) is 8.02. The number of aliphatic hydroxyl groups is 3. The number of unbranched alkanes of at least 4 members (excludes halogenated alkanes) is 2. The summed E-state index contributed by atoms with van der Waals surface area (Å²) in [5, 5.41) is 68.2. The Hall–Kier alpha value is -6.40. The number of carboxylic acids is 1. The molecule has 2 aromatic rings. The van der Waals surface area contributed by atoms with E-state index in [1.807, 2.05) is 0 Å². The number of hydrogen-bond donors (Lipinski definition) is 11. The number of aromatic nitrogens is 3. The van der Waals surface area contributed by atoms with Crippen LogP contribution in [0.2, 0.25) is 0 Å². The van der Waals surface area contributed by atoms with E-state index in [9.17, 15) is 63.2 Å². The molecule has 6 amide bonds. The van der Waals surface area contributed by atoms with Crippen LogP contribution in [0, 0.1) is 17.2 Å². The number of amides is 6. The van der Waals surface area contributed by atoms with Crippen LogP contribution in [0.5, 0.6) is 0 Å². The number of nitrogens with two attached hydrogens (primary N) is 1. The number of urea groups is 1. The summed E-state index contributed by atoms with van der Waals surface area (Å²) in [6.07, 6.45) is -2.76. The zero-order chi connectivity index (χ0) is 49.8. The third kappa shape index (κ3) is 17.7. The van der Waals surface area contributed by atoms with Crippen molar-refractivity contribution < 1.29 is 63.2 Å². The Morgan fingerprint density at radius 3 is 2.26 bits per heavy atom. The van der Waals surface area contributed by atoms with E-state index >= 15 is 0 Å². The van der Waals surface area contributed by atoms with Crippen molar-refractivity contribution in [2.24, 2.45) is 17.6 Å². The number of carbonyl (C=O) groups is 8. The summed E-state index contributed by atoms with van der Waals surface area (Å²) in [6.45, 7) is -0.880. The number of nitrogens with one attached hydrogen (secondary N) is 6. The van der Waals surface area contributed by atoms with Gasteiger partial charge in [0.2, 0.25) is 17.7 Å². The predicted octanol–water partition coefficient (Wildman–Crippen LogP) is -0.550. The second-order valence-corrected chi connectivity index (χ2v) is 17.2. The first-order valence-corrected chi connectivity index (χ1v) is 22.8. The van der Waals surface area contributed by atoms with Crippen molar-refractivity contribution in [3.05, 3.63) is 47.8 Å². The smallest absolute Gasteiger partial charge is 0.337 e. The minimum absolute atomic E-state index is 0.0107. The number of benzene rings is 1. The fourth-order valence-corrected chi connectivity index (χ4v) is 8.02. The lowest BCUT2D eigenvalue weighted by Crippen LogP contribution is -2.59. The highest BCUT2D eigenvalue weighted by atomic mass is 18.2. The van der Waals surface area contributed by atoms with E-state index in [-0.39, 0.29) is 95.5 Å². The minimum Gasteiger partial charge on any atom is -0.481 e. The molecule has 1 aliphatic carbocycles. The van der Waals surface area contributed by atoms with E-state index in [1.54, 1.807) is 36.5 Å². The Morgan fingerprint density at radius 1 is 0.838 bits per heavy atom. The van der Waals surface area contributed by atoms with Gasteiger partial charge in [0.25, 0.3) is 5.91 Å². The molecule has 2 heterocycles. The second-order valence-electron chi connectivity index (χ2n) is 17.2. The number of carbonyl (C=O) groups excluding carboxylic acids is 7. The van der Waals surface area contributed by atoms with Crippen LogP contribution in [0.1, 0.15) is 101 Å². The van der Waals surface area contributed by atoms with Gasteiger partial charge in [0.1, 0.15) is 24.7 Å². The molecule has 4 rings (SSSR count). The van der Waals surface area contributed by atoms with Gasteiger partial charge in [0, 0.05) is 38.4 Å². The van der Waals surface area contributed by atoms with Crippen molar-refractivity contribution >= 4 is 53.0 Å². The number of carboxylic acid groups (broad SMARTS) is 1. The lowest BCUT2D eigenvalue weighted by molar-refractivity contribution is -0.156. The number of rotatable bonds is 23. The van der Waals surface area contributed by atoms with Gasteiger partial charge in [-0.3, -0.25) is 48.8 Å². The van der Waals surface area contributed by atoms with Crippen molar-refractivity contribution in [1.29, 1.82) is 5.41 Å². The molecular formula is C44H64FN11O12. The SMILES string of the molecule is N=C(N)CCCC[C@@H]1NC(=O)[C@H](CCCCNC(=O)C2C[C@H](CCC(=O)Cn3cc(CCC[18F])nn3)[C@H](O)C(O)[C@@H]2O)NC(=O)N(Cc2ccccc2)NC(=O)[C@H](CC(=O)O)NC(=O)CCC1=O. The maximum atomic E-state index is 14.0. The number of alkyl halides is 1. The van der Waals surface area contributed by atoms with E-state index in [1.165, 1.54) is 4.68 Å². The molecule has 12 N–H and O–H groups in total. The number of Topliss-reactive ketones (excluding diaryl/α,β-unsaturated/α-hetero) is 2. The molecule has 0 radical (unpaired) electrons. The molecule has 374 valence electrons. The van der Waals surface area contributed by atoms with Crippen molar-refractivity contribution in [2.75, 3.05) is 13.2 Å². The van der Waals surface area contributed by atoms with Gasteiger partial charge in [-0.2, -0.15) is 0 Å². The quantitative estimate of drug-likeness (QED) is 0.0378. The highest BCUT2D eigenvalue weighted by Gasteiger charge is 2.45. The van der Waals surface area contributed by atoms with E-state index in [0.29, 0.717) is 30.5 Å². The van der Waals surface area contributed by atoms with E-state index < -0.39 is 109 Å². The first-order valence-electron chi connectivity index (χ1n) is 22.8. The minimum atomic E-state index is -1.68. The Morgan fingerprint density at radius 2 is 1.56 bits per heavy atom. The molecule has 68 heavy (non-hydrogen) atoms. The number of halogens is 1. The average molecular weight is 957 g/mol. The van der Waals surface area contributed by atoms with Crippen molar-refractivity contribution in [1.82, 2.24) is 46.7 Å². The second kappa shape index (κ2) is 27.4. The largest absolute Gasteiger partial charge is 0.481 e. The summed E-state index contributed by atoms with van der Waals surface area (Å²) in [5.41, 5.74) is 8.92. The lowest BCUT2D eigenvalue weighted by Gasteiger charge is -2.39. The first-order chi connectivity index (χ1) is 32.4. The topological polar surface area (TPSA) is 361 Å². The average Bonchev–Trinajstić information content (AvgIpc) is 3.75. The summed E-state index contributed by atoms with van der Waals surface area (Å²) in [7, 11) is 0. The molecular weight excluding hydrogens is 893 g/mol. The molecule has 1 saturated carbocycles. The summed E-state index contributed by atoms with van der Waals surface area (Å²) in [4.78, 5) is 106. The zero-order valence-corrected chi connectivity index (χ0v) is 37.8. The summed E-state index contributed by atoms with van der Waals surface area (Å²) in [5.74, 6) is -7.45. The van der Waals surface area contributed by atoms with Gasteiger partial charge < -0.3 is 47.4 Å². The van der Waals surface area contributed by atoms with Gasteiger partial charge >= 0.3 is 12.0 Å². The van der Waals surface area contributed by atoms with Crippen LogP contribution in [0.3, 0.4) is 0 Å². The fraction of sp³-hybridized carbons (Fsp3) is 0.614. The normalized spacial score (nSPS) is 24.1. The molecule has 24 heteroatoms. The highest BCUT2D eigenvalue weighted by molar-refractivity contribution is 5.96. The number of nitrogens with zero attached hydrogens (tertiary/aromatic N) is 4. The molecule has 2 unspecified atom stereocenters. The standard InChI is InChI=1S/C44H64FN11O12/c45-19-8-11-28-24-55(54-52-28)25-29(57)16-15-27-21-30(39(63)40(64)38(27)62)41(65)48-20-7-6-13-32-42(66)50-31(12-4-5-14-35(46)47)34(58)17-18-36(59)49-33(22-37(60)61)43(67)53-56(44(68)51-32)23-26-9-2-1-3-10-26/h1-3,9-10,24,27,30-33,38-40,62-64H,4-8,11-23,25H2,(H3,46,47)(H,48,65)(H,49,59)(H,50,66)(H,51,68)(H,53,67)(H,60,61)/t27-,30?,31-,32-,33-,38-,39+,40?/m0/s1/i45-1. The monoisotopic (exact) mass is 956 g/mol. The number of aliphatic carboxylic acids is 1. The maximum Gasteiger partial charge on any atom is 0.337 e. The van der Waals surface area contributed by atoms with E-state index in [4.69, 9.17) is 11.1 Å². The number of aliphatic hydroxyl groups excluding tert-OH is 3. The molecule has 1 aromatic heterocycles. The van der Waals surface area contributed by atoms with Crippen LogP contribution in [-0.2, 0) is 53.1 Å². The Labute approximate surface area is 392 Å². The number of amidine groups is 1. The lowest BCUT2D eigenvalue weighted by atomic mass is 9.73. The van der Waals surface area contributed by atoms with Crippen LogP contribution in [0.25, 0.3) is 0 Å². The molecule has 8 atom stereocenters. The van der Waals surface area contributed by atoms with Crippen LogP contribution >= 0.6 is 0 Å². The Balaban J connectivity index is 1.44. The molecule has 23 nitrogen and oxygen atoms in total. The number of hydrogen-bond acceptors (Lipinski definition) is 14. The molecule has 1 saturated heterocycles. The molecule has 2 fully saturated rings. The molecule has 0 bridgehead atoms. The number of aryl methyl sites for hydroxylation is 1. The zero-order valence-electron chi connectivity index (χ0n) is 37.8. The van der Waals surface area contributed by atoms with Crippen LogP contribution in [0.4, 0.5) is 9.18 Å². The molecule has 1 aromatic carbocycles. The van der Waals surface area contributed by atoms with E-state index in [0.717, 1.165) is 5.01 Å². The highest BCUT2D eigenvalue weighted by Crippen LogP contribution is 2.33. The van der Waals surface area contributed by atoms with Crippen molar-refractivity contribution in [3.8, 4) is 0 Å². The maximum absolute atomic E-state index is 14.0. The number of ketones is 2. The van der Waals surface area contributed by atoms with Gasteiger partial charge in [0.05, 0.1) is 55.3 Å². The van der Waals surface area contributed by atoms with Crippen LogP contribution in [-0.4, -0.2) is 143 Å². The van der Waals surface area contributed by atoms with Crippen LogP contribution in [0.15, 0.2) is 36.5 Å². The van der Waals surface area contributed by atoms with Crippen molar-refractivity contribution in [3.63, 3.8) is 0 Å². The van der Waals surface area contributed by atoms with Gasteiger partial charge in [-0.05, 0) is 69.3 Å². The third-order valence-corrected chi connectivity index (χ3v) is 11.8.